The molecule has 0 saturated carbocycles. The lowest BCUT2D eigenvalue weighted by molar-refractivity contribution is -0.132. The zero-order chi connectivity index (χ0) is 18.6. The zero-order valence-electron chi connectivity index (χ0n) is 16.4. The van der Waals surface area contributed by atoms with Crippen molar-refractivity contribution in [3.05, 3.63) is 30.1 Å². The topological polar surface area (TPSA) is 44.6 Å². The molecule has 2 aliphatic heterocycles. The maximum Gasteiger partial charge on any atom is 0.236 e. The highest BCUT2D eigenvalue weighted by molar-refractivity contribution is 5.78. The maximum absolute atomic E-state index is 12.6. The van der Waals surface area contributed by atoms with Gasteiger partial charge in [0.15, 0.2) is 0 Å². The summed E-state index contributed by atoms with van der Waals surface area (Å²) in [6, 6.07) is 8.30. The summed E-state index contributed by atoms with van der Waals surface area (Å²) in [5.41, 5.74) is 2.26. The van der Waals surface area contributed by atoms with Gasteiger partial charge in [-0.2, -0.15) is 0 Å². The number of hydrogen-bond donors (Lipinski definition) is 0. The number of rotatable bonds is 4. The van der Waals surface area contributed by atoms with Gasteiger partial charge < -0.3 is 9.47 Å². The number of piperazine rings is 1. The minimum absolute atomic E-state index is 0.320. The lowest BCUT2D eigenvalue weighted by Crippen LogP contribution is -2.50. The van der Waals surface area contributed by atoms with Crippen LogP contribution in [-0.2, 0) is 18.4 Å². The molecule has 6 nitrogen and oxygen atoms in total. The minimum Gasteiger partial charge on any atom is -0.342 e. The van der Waals surface area contributed by atoms with Gasteiger partial charge in [0.05, 0.1) is 24.1 Å². The molecule has 1 aromatic heterocycles. The zero-order valence-corrected chi connectivity index (χ0v) is 16.4. The molecule has 2 fully saturated rings. The van der Waals surface area contributed by atoms with Gasteiger partial charge in [-0.05, 0) is 25.0 Å². The van der Waals surface area contributed by atoms with Gasteiger partial charge in [0.2, 0.25) is 5.91 Å². The van der Waals surface area contributed by atoms with Gasteiger partial charge in [-0.3, -0.25) is 14.6 Å². The van der Waals surface area contributed by atoms with Gasteiger partial charge in [0, 0.05) is 46.3 Å². The molecule has 0 radical (unpaired) electrons. The van der Waals surface area contributed by atoms with Crippen LogP contribution in [0.3, 0.4) is 0 Å². The second-order valence-corrected chi connectivity index (χ2v) is 7.92. The van der Waals surface area contributed by atoms with Crippen molar-refractivity contribution in [3.8, 4) is 0 Å². The first kappa shape index (κ1) is 18.4. The Bertz CT molecular complexity index is 770. The van der Waals surface area contributed by atoms with Crippen molar-refractivity contribution in [3.63, 3.8) is 0 Å². The Kier molecular flexibility index (Phi) is 5.74. The maximum atomic E-state index is 12.6. The molecule has 4 rings (SSSR count). The van der Waals surface area contributed by atoms with E-state index in [-0.39, 0.29) is 0 Å². The molecule has 1 aromatic carbocycles. The predicted octanol–water partition coefficient (Wildman–Crippen LogP) is 2.09. The van der Waals surface area contributed by atoms with Crippen molar-refractivity contribution in [1.82, 2.24) is 24.3 Å². The Morgan fingerprint density at radius 2 is 1.59 bits per heavy atom. The van der Waals surface area contributed by atoms with Crippen molar-refractivity contribution < 1.29 is 4.79 Å². The molecule has 0 N–H and O–H groups in total. The first-order valence-corrected chi connectivity index (χ1v) is 10.3. The quantitative estimate of drug-likeness (QED) is 0.828. The van der Waals surface area contributed by atoms with Crippen LogP contribution in [0.2, 0.25) is 0 Å². The Balaban J connectivity index is 1.28. The van der Waals surface area contributed by atoms with E-state index in [2.05, 4.69) is 44.5 Å². The molecule has 0 bridgehead atoms. The van der Waals surface area contributed by atoms with Crippen LogP contribution in [0.15, 0.2) is 24.3 Å². The van der Waals surface area contributed by atoms with Crippen LogP contribution in [0.4, 0.5) is 0 Å². The van der Waals surface area contributed by atoms with E-state index in [4.69, 9.17) is 4.98 Å². The lowest BCUT2D eigenvalue weighted by atomic mass is 10.2. The lowest BCUT2D eigenvalue weighted by Gasteiger charge is -2.35. The van der Waals surface area contributed by atoms with Gasteiger partial charge >= 0.3 is 0 Å². The highest BCUT2D eigenvalue weighted by Crippen LogP contribution is 2.16. The van der Waals surface area contributed by atoms with Gasteiger partial charge in [-0.1, -0.05) is 25.0 Å². The van der Waals surface area contributed by atoms with Crippen LogP contribution >= 0.6 is 0 Å². The number of benzene rings is 1. The van der Waals surface area contributed by atoms with Crippen molar-refractivity contribution >= 4 is 16.9 Å². The molecule has 2 aromatic rings. The molecule has 1 amide bonds. The number of para-hydroxylation sites is 2. The fraction of sp³-hybridized carbons (Fsp3) is 0.619. The number of imidazole rings is 1. The van der Waals surface area contributed by atoms with Crippen LogP contribution in [0.5, 0.6) is 0 Å². The van der Waals surface area contributed by atoms with Crippen LogP contribution in [0.25, 0.3) is 11.0 Å². The standard InChI is InChI=1S/C21H31N5O/c1-23-19-9-5-4-8-18(19)22-20(23)16-24-12-14-25(15-13-24)17-21(27)26-10-6-2-3-7-11-26/h4-5,8-9H,2-3,6-7,10-17H2,1H3. The molecule has 0 aliphatic carbocycles. The number of aryl methyl sites for hydroxylation is 1. The van der Waals surface area contributed by atoms with Gasteiger partial charge in [0.25, 0.3) is 0 Å². The predicted molar refractivity (Wildman–Crippen MR) is 107 cm³/mol. The summed E-state index contributed by atoms with van der Waals surface area (Å²) in [4.78, 5) is 24.2. The van der Waals surface area contributed by atoms with E-state index < -0.39 is 0 Å². The average Bonchev–Trinajstić information content (AvgIpc) is 2.87. The summed E-state index contributed by atoms with van der Waals surface area (Å²) >= 11 is 0. The SMILES string of the molecule is Cn1c(CN2CCN(CC(=O)N3CCCCCC3)CC2)nc2ccccc21. The van der Waals surface area contributed by atoms with Crippen molar-refractivity contribution in [2.75, 3.05) is 45.8 Å². The van der Waals surface area contributed by atoms with Crippen molar-refractivity contribution in [2.45, 2.75) is 32.2 Å². The molecule has 27 heavy (non-hydrogen) atoms. The van der Waals surface area contributed by atoms with Gasteiger partial charge in [0.1, 0.15) is 5.82 Å². The van der Waals surface area contributed by atoms with E-state index in [0.717, 1.165) is 70.0 Å². The number of nitrogens with zero attached hydrogens (tertiary/aromatic N) is 5. The second-order valence-electron chi connectivity index (χ2n) is 7.92. The molecule has 146 valence electrons. The number of carbonyl (C=O) groups excluding carboxylic acids is 1. The third-order valence-electron chi connectivity index (χ3n) is 6.03. The molecule has 3 heterocycles. The number of aromatic nitrogens is 2. The smallest absolute Gasteiger partial charge is 0.236 e. The highest BCUT2D eigenvalue weighted by atomic mass is 16.2. The summed E-state index contributed by atoms with van der Waals surface area (Å²) in [6.45, 7) is 7.27. The molecule has 6 heteroatoms. The van der Waals surface area contributed by atoms with E-state index >= 15 is 0 Å². The molecular weight excluding hydrogens is 338 g/mol. The van der Waals surface area contributed by atoms with E-state index in [9.17, 15) is 4.79 Å². The molecule has 0 atom stereocenters. The average molecular weight is 370 g/mol. The fourth-order valence-electron chi connectivity index (χ4n) is 4.25. The van der Waals surface area contributed by atoms with Gasteiger partial charge in [-0.25, -0.2) is 4.98 Å². The fourth-order valence-corrected chi connectivity index (χ4v) is 4.25. The normalized spacial score (nSPS) is 20.1. The highest BCUT2D eigenvalue weighted by Gasteiger charge is 2.23. The summed E-state index contributed by atoms with van der Waals surface area (Å²) in [5, 5.41) is 0. The first-order valence-electron chi connectivity index (χ1n) is 10.3. The van der Waals surface area contributed by atoms with E-state index in [1.165, 1.54) is 18.4 Å². The molecule has 0 unspecified atom stereocenters. The van der Waals surface area contributed by atoms with Crippen LogP contribution in [0, 0.1) is 0 Å². The third-order valence-corrected chi connectivity index (χ3v) is 6.03. The number of likely N-dealkylation sites (tertiary alicyclic amines) is 1. The summed E-state index contributed by atoms with van der Waals surface area (Å²) < 4.78 is 2.20. The number of carbonyl (C=O) groups is 1. The largest absolute Gasteiger partial charge is 0.342 e. The molecular formula is C21H31N5O. The monoisotopic (exact) mass is 369 g/mol. The Morgan fingerprint density at radius 3 is 2.30 bits per heavy atom. The van der Waals surface area contributed by atoms with E-state index in [0.29, 0.717) is 12.5 Å². The number of amides is 1. The van der Waals surface area contributed by atoms with Gasteiger partial charge in [-0.15, -0.1) is 0 Å². The number of hydrogen-bond acceptors (Lipinski definition) is 4. The van der Waals surface area contributed by atoms with Crippen LogP contribution < -0.4 is 0 Å². The molecule has 0 spiro atoms. The summed E-state index contributed by atoms with van der Waals surface area (Å²) in [6.07, 6.45) is 4.87. The van der Waals surface area contributed by atoms with E-state index in [1.54, 1.807) is 0 Å². The van der Waals surface area contributed by atoms with Crippen LogP contribution in [-0.4, -0.2) is 76.0 Å². The van der Waals surface area contributed by atoms with Crippen LogP contribution in [0.1, 0.15) is 31.5 Å². The number of fused-ring (bicyclic) bond motifs is 1. The molecule has 2 aliphatic rings. The second kappa shape index (κ2) is 8.40. The summed E-state index contributed by atoms with van der Waals surface area (Å²) in [7, 11) is 2.10. The minimum atomic E-state index is 0.320. The Hall–Kier alpha value is -1.92. The van der Waals surface area contributed by atoms with Crippen molar-refractivity contribution in [2.24, 2.45) is 7.05 Å². The molecule has 2 saturated heterocycles. The first-order chi connectivity index (χ1) is 13.2. The van der Waals surface area contributed by atoms with Crippen molar-refractivity contribution in [1.29, 1.82) is 0 Å². The van der Waals surface area contributed by atoms with E-state index in [1.807, 2.05) is 6.07 Å². The summed E-state index contributed by atoms with van der Waals surface area (Å²) in [5.74, 6) is 1.44. The Labute approximate surface area is 161 Å². The third kappa shape index (κ3) is 4.33. The Morgan fingerprint density at radius 1 is 0.926 bits per heavy atom.